The average Bonchev–Trinajstić information content (AvgIpc) is 2.73. The molecule has 0 aromatic heterocycles. The van der Waals surface area contributed by atoms with Gasteiger partial charge in [0.25, 0.3) is 0 Å². The third kappa shape index (κ3) is 1.91. The number of amides is 1. The van der Waals surface area contributed by atoms with Crippen molar-refractivity contribution in [1.29, 1.82) is 0 Å². The molecule has 2 saturated heterocycles. The van der Waals surface area contributed by atoms with Crippen LogP contribution in [0.5, 0.6) is 0 Å². The number of ether oxygens (including phenoxy) is 1. The molecule has 2 fully saturated rings. The predicted molar refractivity (Wildman–Crippen MR) is 52.7 cm³/mol. The molecule has 2 heterocycles. The Morgan fingerprint density at radius 3 is 2.86 bits per heavy atom. The van der Waals surface area contributed by atoms with E-state index < -0.39 is 0 Å². The molecule has 1 amide bonds. The van der Waals surface area contributed by atoms with Gasteiger partial charge in [0.15, 0.2) is 0 Å². The second kappa shape index (κ2) is 3.87. The van der Waals surface area contributed by atoms with Crippen molar-refractivity contribution < 1.29 is 9.53 Å². The third-order valence-electron chi connectivity index (χ3n) is 3.08. The summed E-state index contributed by atoms with van der Waals surface area (Å²) in [5.41, 5.74) is 5.76. The van der Waals surface area contributed by atoms with Gasteiger partial charge in [0.05, 0.1) is 18.6 Å². The van der Waals surface area contributed by atoms with Crippen LogP contribution in [0.1, 0.15) is 19.8 Å². The van der Waals surface area contributed by atoms with E-state index in [0.717, 1.165) is 25.9 Å². The Hall–Kier alpha value is -0.610. The number of carbonyl (C=O) groups excluding carboxylic acids is 1. The smallest absolute Gasteiger partial charge is 0.228 e. The minimum Gasteiger partial charge on any atom is -0.378 e. The first-order chi connectivity index (χ1) is 6.66. The summed E-state index contributed by atoms with van der Waals surface area (Å²) in [6.45, 7) is 4.16. The number of nitrogens with zero attached hydrogens (tertiary/aromatic N) is 1. The van der Waals surface area contributed by atoms with E-state index in [1.807, 2.05) is 11.8 Å². The van der Waals surface area contributed by atoms with E-state index in [0.29, 0.717) is 6.61 Å². The molecule has 2 rings (SSSR count). The Balaban J connectivity index is 1.89. The van der Waals surface area contributed by atoms with E-state index in [1.54, 1.807) is 0 Å². The lowest BCUT2D eigenvalue weighted by molar-refractivity contribution is -0.134. The number of nitrogens with two attached hydrogens (primary N) is 1. The van der Waals surface area contributed by atoms with E-state index >= 15 is 0 Å². The highest BCUT2D eigenvalue weighted by Crippen LogP contribution is 2.22. The van der Waals surface area contributed by atoms with Crippen LogP contribution in [0.3, 0.4) is 0 Å². The molecule has 0 bridgehead atoms. The largest absolute Gasteiger partial charge is 0.378 e. The zero-order chi connectivity index (χ0) is 10.1. The van der Waals surface area contributed by atoms with Crippen LogP contribution in [0.15, 0.2) is 0 Å². The Morgan fingerprint density at radius 1 is 1.57 bits per heavy atom. The summed E-state index contributed by atoms with van der Waals surface area (Å²) in [7, 11) is 0. The second-order valence-electron chi connectivity index (χ2n) is 4.41. The van der Waals surface area contributed by atoms with Gasteiger partial charge >= 0.3 is 0 Å². The van der Waals surface area contributed by atoms with Crippen LogP contribution in [0.25, 0.3) is 0 Å². The van der Waals surface area contributed by atoms with Gasteiger partial charge in [0.1, 0.15) is 0 Å². The molecule has 2 N–H and O–H groups in total. The first-order valence-corrected chi connectivity index (χ1v) is 5.33. The van der Waals surface area contributed by atoms with Crippen LogP contribution in [-0.4, -0.2) is 42.6 Å². The SMILES string of the molecule is CC1CC(C(=O)N2CC[C@H](N)C2)CO1. The molecule has 80 valence electrons. The molecular weight excluding hydrogens is 180 g/mol. The van der Waals surface area contributed by atoms with Gasteiger partial charge in [0.2, 0.25) is 5.91 Å². The number of likely N-dealkylation sites (tertiary alicyclic amines) is 1. The molecule has 2 unspecified atom stereocenters. The Kier molecular flexibility index (Phi) is 2.74. The zero-order valence-corrected chi connectivity index (χ0v) is 8.61. The van der Waals surface area contributed by atoms with E-state index in [9.17, 15) is 4.79 Å². The molecule has 0 aromatic rings. The molecule has 0 radical (unpaired) electrons. The maximum atomic E-state index is 11.9. The monoisotopic (exact) mass is 198 g/mol. The average molecular weight is 198 g/mol. The van der Waals surface area contributed by atoms with Gasteiger partial charge in [-0.2, -0.15) is 0 Å². The van der Waals surface area contributed by atoms with Crippen LogP contribution in [0.4, 0.5) is 0 Å². The molecule has 4 nitrogen and oxygen atoms in total. The number of hydrogen-bond acceptors (Lipinski definition) is 3. The highest BCUT2D eigenvalue weighted by molar-refractivity contribution is 5.79. The Morgan fingerprint density at radius 2 is 2.36 bits per heavy atom. The number of rotatable bonds is 1. The molecule has 3 atom stereocenters. The molecule has 4 heteroatoms. The predicted octanol–water partition coefficient (Wildman–Crippen LogP) is -0.0290. The Bertz CT molecular complexity index is 210. The summed E-state index contributed by atoms with van der Waals surface area (Å²) < 4.78 is 5.39. The number of carbonyl (C=O) groups is 1. The molecule has 14 heavy (non-hydrogen) atoms. The fourth-order valence-corrected chi connectivity index (χ4v) is 2.23. The zero-order valence-electron chi connectivity index (χ0n) is 8.61. The quantitative estimate of drug-likeness (QED) is 0.644. The summed E-state index contributed by atoms with van der Waals surface area (Å²) in [6, 6.07) is 0.179. The minimum atomic E-state index is 0.0790. The van der Waals surface area contributed by atoms with Crippen molar-refractivity contribution in [2.24, 2.45) is 11.7 Å². The molecule has 0 aliphatic carbocycles. The maximum Gasteiger partial charge on any atom is 0.228 e. The van der Waals surface area contributed by atoms with Crippen LogP contribution in [0, 0.1) is 5.92 Å². The topological polar surface area (TPSA) is 55.6 Å². The molecule has 0 spiro atoms. The van der Waals surface area contributed by atoms with Crippen molar-refractivity contribution in [2.45, 2.75) is 31.9 Å². The van der Waals surface area contributed by atoms with Gasteiger partial charge in [-0.3, -0.25) is 4.79 Å². The van der Waals surface area contributed by atoms with Crippen LogP contribution >= 0.6 is 0 Å². The minimum absolute atomic E-state index is 0.0790. The fourth-order valence-electron chi connectivity index (χ4n) is 2.23. The standard InChI is InChI=1S/C10H18N2O2/c1-7-4-8(6-14-7)10(13)12-3-2-9(11)5-12/h7-9H,2-6,11H2,1H3/t7?,8?,9-/m0/s1. The van der Waals surface area contributed by atoms with Gasteiger partial charge in [0, 0.05) is 19.1 Å². The first-order valence-electron chi connectivity index (χ1n) is 5.33. The van der Waals surface area contributed by atoms with Crippen molar-refractivity contribution in [2.75, 3.05) is 19.7 Å². The molecular formula is C10H18N2O2. The highest BCUT2D eigenvalue weighted by Gasteiger charge is 2.33. The fraction of sp³-hybridized carbons (Fsp3) is 0.900. The van der Waals surface area contributed by atoms with E-state index in [-0.39, 0.29) is 24.0 Å². The highest BCUT2D eigenvalue weighted by atomic mass is 16.5. The summed E-state index contributed by atoms with van der Waals surface area (Å²) in [5, 5.41) is 0. The van der Waals surface area contributed by atoms with Gasteiger partial charge < -0.3 is 15.4 Å². The van der Waals surface area contributed by atoms with Crippen LogP contribution in [0.2, 0.25) is 0 Å². The molecule has 2 aliphatic heterocycles. The van der Waals surface area contributed by atoms with E-state index in [2.05, 4.69) is 0 Å². The van der Waals surface area contributed by atoms with Gasteiger partial charge in [-0.05, 0) is 19.8 Å². The first kappa shape index (κ1) is 9.93. The van der Waals surface area contributed by atoms with Crippen molar-refractivity contribution in [3.05, 3.63) is 0 Å². The summed E-state index contributed by atoms with van der Waals surface area (Å²) >= 11 is 0. The maximum absolute atomic E-state index is 11.9. The lowest BCUT2D eigenvalue weighted by Gasteiger charge is -2.19. The normalized spacial score (nSPS) is 37.9. The molecule has 2 aliphatic rings. The number of hydrogen-bond donors (Lipinski definition) is 1. The second-order valence-corrected chi connectivity index (χ2v) is 4.41. The Labute approximate surface area is 84.4 Å². The third-order valence-corrected chi connectivity index (χ3v) is 3.08. The van der Waals surface area contributed by atoms with Gasteiger partial charge in [-0.15, -0.1) is 0 Å². The van der Waals surface area contributed by atoms with Gasteiger partial charge in [-0.1, -0.05) is 0 Å². The summed E-state index contributed by atoms with van der Waals surface area (Å²) in [6.07, 6.45) is 2.04. The van der Waals surface area contributed by atoms with Crippen molar-refractivity contribution >= 4 is 5.91 Å². The van der Waals surface area contributed by atoms with Gasteiger partial charge in [-0.25, -0.2) is 0 Å². The van der Waals surface area contributed by atoms with E-state index in [1.165, 1.54) is 0 Å². The summed E-state index contributed by atoms with van der Waals surface area (Å²) in [5.74, 6) is 0.317. The lowest BCUT2D eigenvalue weighted by atomic mass is 10.1. The molecule has 0 aromatic carbocycles. The van der Waals surface area contributed by atoms with Crippen molar-refractivity contribution in [3.63, 3.8) is 0 Å². The van der Waals surface area contributed by atoms with Crippen LogP contribution < -0.4 is 5.73 Å². The van der Waals surface area contributed by atoms with E-state index in [4.69, 9.17) is 10.5 Å². The van der Waals surface area contributed by atoms with Crippen molar-refractivity contribution in [1.82, 2.24) is 4.90 Å². The van der Waals surface area contributed by atoms with Crippen molar-refractivity contribution in [3.8, 4) is 0 Å². The molecule has 0 saturated carbocycles. The lowest BCUT2D eigenvalue weighted by Crippen LogP contribution is -2.36. The summed E-state index contributed by atoms with van der Waals surface area (Å²) in [4.78, 5) is 13.8. The van der Waals surface area contributed by atoms with Crippen LogP contribution in [-0.2, 0) is 9.53 Å².